The van der Waals surface area contributed by atoms with Crippen LogP contribution < -0.4 is 5.32 Å². The third-order valence-electron chi connectivity index (χ3n) is 12.1. The number of hydrogen-bond donors (Lipinski definition) is 3. The fourth-order valence-electron chi connectivity index (χ4n) is 9.81. The van der Waals surface area contributed by atoms with Crippen LogP contribution in [0.25, 0.3) is 0 Å². The largest absolute Gasteiger partial charge is 0.481 e. The molecule has 1 amide bonds. The van der Waals surface area contributed by atoms with E-state index in [4.69, 9.17) is 9.57 Å². The minimum Gasteiger partial charge on any atom is -0.481 e. The first kappa shape index (κ1) is 31.2. The van der Waals surface area contributed by atoms with Crippen LogP contribution in [0.4, 0.5) is 0 Å². The quantitative estimate of drug-likeness (QED) is 0.348. The SMILES string of the molecule is CC(=O)[C@@]1(O)CC[C@H]2[C@@H]3CCC4=C/C(=N/OCC(=O)N[C@@H](CC(=O)O)[C@H]5CCOC(C)(C)C5)CC[C@]4(C)[C@H]3CC[C@@]21C. The fourth-order valence-corrected chi connectivity index (χ4v) is 9.81. The minimum absolute atomic E-state index is 0.0224. The van der Waals surface area contributed by atoms with Crippen molar-refractivity contribution in [1.82, 2.24) is 5.32 Å². The Balaban J connectivity index is 1.20. The fraction of sp³-hybridized carbons (Fsp3) is 0.818. The van der Waals surface area contributed by atoms with Gasteiger partial charge < -0.3 is 25.1 Å². The molecule has 0 bridgehead atoms. The molecule has 4 aliphatic carbocycles. The van der Waals surface area contributed by atoms with Crippen LogP contribution in [0.3, 0.4) is 0 Å². The number of ether oxygens (including phenoxy) is 1. The summed E-state index contributed by atoms with van der Waals surface area (Å²) >= 11 is 0. The highest BCUT2D eigenvalue weighted by Crippen LogP contribution is 2.67. The molecule has 1 heterocycles. The molecular weight excluding hydrogens is 536 g/mol. The van der Waals surface area contributed by atoms with Gasteiger partial charge in [0, 0.05) is 18.1 Å². The van der Waals surface area contributed by atoms with Gasteiger partial charge in [0.15, 0.2) is 12.4 Å². The number of Topliss-reactive ketones (excluding diaryl/α,β-unsaturated/α-hetero) is 1. The molecule has 0 aromatic carbocycles. The first-order chi connectivity index (χ1) is 19.7. The summed E-state index contributed by atoms with van der Waals surface area (Å²) in [7, 11) is 0. The van der Waals surface area contributed by atoms with E-state index >= 15 is 0 Å². The van der Waals surface area contributed by atoms with E-state index < -0.39 is 17.6 Å². The molecule has 0 spiro atoms. The van der Waals surface area contributed by atoms with Gasteiger partial charge in [0.1, 0.15) is 5.60 Å². The van der Waals surface area contributed by atoms with E-state index in [1.807, 2.05) is 13.8 Å². The first-order valence-corrected chi connectivity index (χ1v) is 16.0. The van der Waals surface area contributed by atoms with Gasteiger partial charge in [-0.3, -0.25) is 14.4 Å². The van der Waals surface area contributed by atoms with Crippen molar-refractivity contribution in [3.63, 3.8) is 0 Å². The molecule has 0 unspecified atom stereocenters. The first-order valence-electron chi connectivity index (χ1n) is 16.0. The van der Waals surface area contributed by atoms with Crippen molar-refractivity contribution in [2.75, 3.05) is 13.2 Å². The third kappa shape index (κ3) is 5.56. The average molecular weight is 587 g/mol. The van der Waals surface area contributed by atoms with E-state index in [-0.39, 0.29) is 47.1 Å². The lowest BCUT2D eigenvalue weighted by atomic mass is 9.46. The van der Waals surface area contributed by atoms with Gasteiger partial charge in [-0.05, 0) is 120 Å². The lowest BCUT2D eigenvalue weighted by molar-refractivity contribution is -0.159. The zero-order chi connectivity index (χ0) is 30.5. The summed E-state index contributed by atoms with van der Waals surface area (Å²) < 4.78 is 5.77. The lowest BCUT2D eigenvalue weighted by Gasteiger charge is -2.59. The Kier molecular flexibility index (Phi) is 8.42. The number of amides is 1. The molecule has 4 fully saturated rings. The van der Waals surface area contributed by atoms with Crippen molar-refractivity contribution < 1.29 is 34.2 Å². The van der Waals surface area contributed by atoms with Gasteiger partial charge in [0.05, 0.1) is 17.7 Å². The Labute approximate surface area is 249 Å². The van der Waals surface area contributed by atoms with Crippen LogP contribution in [0.1, 0.15) is 105 Å². The maximum absolute atomic E-state index is 12.7. The van der Waals surface area contributed by atoms with Crippen LogP contribution in [-0.4, -0.2) is 64.0 Å². The second-order valence-corrected chi connectivity index (χ2v) is 14.9. The summed E-state index contributed by atoms with van der Waals surface area (Å²) in [5.74, 6) is 0.0492. The number of ketones is 1. The average Bonchev–Trinajstić information content (AvgIpc) is 3.19. The van der Waals surface area contributed by atoms with E-state index in [1.54, 1.807) is 6.92 Å². The number of fused-ring (bicyclic) bond motifs is 5. The molecule has 9 heteroatoms. The summed E-state index contributed by atoms with van der Waals surface area (Å²) in [6.45, 7) is 10.4. The number of hydrogen-bond acceptors (Lipinski definition) is 7. The van der Waals surface area contributed by atoms with Crippen molar-refractivity contribution in [2.24, 2.45) is 39.7 Å². The maximum Gasteiger partial charge on any atom is 0.305 e. The van der Waals surface area contributed by atoms with E-state index in [2.05, 4.69) is 30.4 Å². The molecular formula is C33H50N2O7. The highest BCUT2D eigenvalue weighted by Gasteiger charge is 2.65. The minimum atomic E-state index is -1.19. The van der Waals surface area contributed by atoms with Gasteiger partial charge in [-0.2, -0.15) is 0 Å². The Morgan fingerprint density at radius 3 is 2.50 bits per heavy atom. The Morgan fingerprint density at radius 1 is 1.07 bits per heavy atom. The van der Waals surface area contributed by atoms with Crippen molar-refractivity contribution in [2.45, 2.75) is 122 Å². The maximum atomic E-state index is 12.7. The number of aliphatic carboxylic acids is 1. The number of oxime groups is 1. The van der Waals surface area contributed by atoms with Crippen molar-refractivity contribution in [1.29, 1.82) is 0 Å². The Bertz CT molecular complexity index is 1160. The van der Waals surface area contributed by atoms with Crippen LogP contribution in [-0.2, 0) is 24.0 Å². The summed E-state index contributed by atoms with van der Waals surface area (Å²) in [6.07, 6.45) is 10.6. The van der Waals surface area contributed by atoms with Crippen LogP contribution >= 0.6 is 0 Å². The summed E-state index contributed by atoms with van der Waals surface area (Å²) in [5, 5.41) is 28.0. The van der Waals surface area contributed by atoms with E-state index in [0.717, 1.165) is 50.7 Å². The number of rotatable bonds is 8. The van der Waals surface area contributed by atoms with Crippen LogP contribution in [0.5, 0.6) is 0 Å². The number of nitrogens with one attached hydrogen (secondary N) is 1. The predicted molar refractivity (Wildman–Crippen MR) is 158 cm³/mol. The molecule has 234 valence electrons. The predicted octanol–water partition coefficient (Wildman–Crippen LogP) is 4.81. The molecule has 42 heavy (non-hydrogen) atoms. The van der Waals surface area contributed by atoms with Gasteiger partial charge in [-0.15, -0.1) is 0 Å². The molecule has 5 rings (SSSR count). The van der Waals surface area contributed by atoms with Crippen LogP contribution in [0, 0.1) is 34.5 Å². The normalized spacial score (nSPS) is 40.6. The number of carbonyl (C=O) groups excluding carboxylic acids is 2. The molecule has 9 nitrogen and oxygen atoms in total. The topological polar surface area (TPSA) is 135 Å². The molecule has 0 radical (unpaired) electrons. The lowest BCUT2D eigenvalue weighted by Crippen LogP contribution is -2.57. The van der Waals surface area contributed by atoms with Crippen molar-refractivity contribution >= 4 is 23.4 Å². The van der Waals surface area contributed by atoms with Crippen molar-refractivity contribution in [3.8, 4) is 0 Å². The van der Waals surface area contributed by atoms with Gasteiger partial charge in [0.25, 0.3) is 5.91 Å². The zero-order valence-corrected chi connectivity index (χ0v) is 26.0. The van der Waals surface area contributed by atoms with E-state index in [0.29, 0.717) is 43.6 Å². The highest BCUT2D eigenvalue weighted by atomic mass is 16.6. The smallest absolute Gasteiger partial charge is 0.305 e. The van der Waals surface area contributed by atoms with Gasteiger partial charge in [-0.25, -0.2) is 0 Å². The van der Waals surface area contributed by atoms with E-state index in [1.165, 1.54) is 5.57 Å². The summed E-state index contributed by atoms with van der Waals surface area (Å²) in [4.78, 5) is 42.2. The Hall–Kier alpha value is -2.26. The second kappa shape index (κ2) is 11.3. The molecule has 1 saturated heterocycles. The molecule has 1 aliphatic heterocycles. The molecule has 3 N–H and O–H groups in total. The zero-order valence-electron chi connectivity index (χ0n) is 26.0. The third-order valence-corrected chi connectivity index (χ3v) is 12.1. The number of carboxylic acid groups (broad SMARTS) is 1. The second-order valence-electron chi connectivity index (χ2n) is 14.9. The number of allylic oxidation sites excluding steroid dienone is 2. The molecule has 5 aliphatic rings. The number of carbonyl (C=O) groups is 3. The number of nitrogens with zero attached hydrogens (tertiary/aromatic N) is 1. The molecule has 0 aromatic heterocycles. The van der Waals surface area contributed by atoms with Crippen molar-refractivity contribution in [3.05, 3.63) is 11.6 Å². The van der Waals surface area contributed by atoms with Gasteiger partial charge in [-0.1, -0.05) is 24.6 Å². The van der Waals surface area contributed by atoms with Crippen LogP contribution in [0.15, 0.2) is 16.8 Å². The molecule has 8 atom stereocenters. The number of aliphatic hydroxyl groups is 1. The number of carboxylic acids is 1. The highest BCUT2D eigenvalue weighted by molar-refractivity contribution is 5.96. The van der Waals surface area contributed by atoms with E-state index in [9.17, 15) is 24.6 Å². The molecule has 3 saturated carbocycles. The van der Waals surface area contributed by atoms with Crippen LogP contribution in [0.2, 0.25) is 0 Å². The molecule has 0 aromatic rings. The Morgan fingerprint density at radius 2 is 1.81 bits per heavy atom. The summed E-state index contributed by atoms with van der Waals surface area (Å²) in [6, 6.07) is -0.481. The summed E-state index contributed by atoms with van der Waals surface area (Å²) in [5.41, 5.74) is 0.437. The van der Waals surface area contributed by atoms with Gasteiger partial charge >= 0.3 is 5.97 Å². The standard InChI is InChI=1S/C33H50N2O7/c1-20(36)33(40)14-10-26-24-7-6-22-16-23(8-12-31(22,4)25(24)9-13-32(26,33)5)35-42-19-28(37)34-27(17-29(38)39)21-11-15-41-30(2,3)18-21/h16,21,24-27,40H,6-15,17-19H2,1-5H3,(H,34,37)(H,38,39)/b35-23+/t21-,24+,25-,26-,27-,31-,32-,33-/m0/s1. The monoisotopic (exact) mass is 586 g/mol. The van der Waals surface area contributed by atoms with Gasteiger partial charge in [0.2, 0.25) is 0 Å².